The molecule has 4 nitrogen and oxygen atoms in total. The van der Waals surface area contributed by atoms with Gasteiger partial charge in [-0.05, 0) is 31.0 Å². The van der Waals surface area contributed by atoms with E-state index in [1.54, 1.807) is 0 Å². The topological polar surface area (TPSA) is 55.8 Å². The third-order valence-electron chi connectivity index (χ3n) is 3.06. The number of ether oxygens (including phenoxy) is 2. The number of carboxylic acid groups (broad SMARTS) is 1. The molecule has 2 atom stereocenters. The molecule has 1 aromatic rings. The van der Waals surface area contributed by atoms with Crippen molar-refractivity contribution < 1.29 is 36.9 Å². The van der Waals surface area contributed by atoms with E-state index in [-0.39, 0.29) is 12.4 Å². The van der Waals surface area contributed by atoms with Gasteiger partial charge in [-0.3, -0.25) is 0 Å². The van der Waals surface area contributed by atoms with E-state index >= 15 is 0 Å². The number of halogens is 4. The van der Waals surface area contributed by atoms with Gasteiger partial charge < -0.3 is 14.6 Å². The maximum atomic E-state index is 13.1. The number of benzene rings is 1. The lowest BCUT2D eigenvalue weighted by atomic mass is 10.2. The first-order valence-electron chi connectivity index (χ1n) is 6.15. The van der Waals surface area contributed by atoms with Gasteiger partial charge in [-0.1, -0.05) is 0 Å². The van der Waals surface area contributed by atoms with Crippen LogP contribution in [0.2, 0.25) is 0 Å². The molecule has 1 N–H and O–H groups in total. The number of hydrogen-bond acceptors (Lipinski definition) is 3. The molecule has 0 saturated carbocycles. The Labute approximate surface area is 117 Å². The van der Waals surface area contributed by atoms with Crippen molar-refractivity contribution in [2.45, 2.75) is 31.2 Å². The van der Waals surface area contributed by atoms with Gasteiger partial charge >= 0.3 is 12.1 Å². The molecule has 1 aliphatic rings. The zero-order chi connectivity index (χ0) is 15.6. The molecule has 0 bridgehead atoms. The van der Waals surface area contributed by atoms with Crippen LogP contribution in [0.3, 0.4) is 0 Å². The van der Waals surface area contributed by atoms with Crippen LogP contribution < -0.4 is 4.74 Å². The normalized spacial score (nSPS) is 22.3. The second kappa shape index (κ2) is 5.88. The first kappa shape index (κ1) is 15.6. The van der Waals surface area contributed by atoms with Crippen LogP contribution in [0.15, 0.2) is 18.2 Å². The van der Waals surface area contributed by atoms with Crippen LogP contribution in [0.4, 0.5) is 17.6 Å². The lowest BCUT2D eigenvalue weighted by molar-refractivity contribution is -0.150. The second-order valence-corrected chi connectivity index (χ2v) is 4.61. The van der Waals surface area contributed by atoms with Crippen molar-refractivity contribution in [2.24, 2.45) is 0 Å². The van der Waals surface area contributed by atoms with E-state index in [0.29, 0.717) is 25.0 Å². The lowest BCUT2D eigenvalue weighted by Crippen LogP contribution is -2.23. The van der Waals surface area contributed by atoms with Crippen molar-refractivity contribution in [3.05, 3.63) is 29.6 Å². The molecular formula is C13H12F4O4. The Morgan fingerprint density at radius 3 is 2.67 bits per heavy atom. The molecule has 1 fully saturated rings. The Kier molecular flexibility index (Phi) is 4.36. The van der Waals surface area contributed by atoms with Gasteiger partial charge in [0.2, 0.25) is 0 Å². The second-order valence-electron chi connectivity index (χ2n) is 4.61. The summed E-state index contributed by atoms with van der Waals surface area (Å²) >= 11 is 0. The van der Waals surface area contributed by atoms with Gasteiger partial charge in [0.1, 0.15) is 18.2 Å². The summed E-state index contributed by atoms with van der Waals surface area (Å²) in [4.78, 5) is 10.7. The molecule has 1 aromatic carbocycles. The fourth-order valence-corrected chi connectivity index (χ4v) is 2.01. The average Bonchev–Trinajstić information content (AvgIpc) is 2.85. The molecule has 1 saturated heterocycles. The third-order valence-corrected chi connectivity index (χ3v) is 3.06. The number of carboxylic acids is 1. The minimum atomic E-state index is -4.80. The van der Waals surface area contributed by atoms with Gasteiger partial charge in [0.05, 0.1) is 11.7 Å². The van der Waals surface area contributed by atoms with Crippen molar-refractivity contribution in [2.75, 3.05) is 6.61 Å². The Morgan fingerprint density at radius 2 is 2.10 bits per heavy atom. The van der Waals surface area contributed by atoms with Crippen molar-refractivity contribution in [3.63, 3.8) is 0 Å². The van der Waals surface area contributed by atoms with E-state index in [0.717, 1.165) is 6.07 Å². The molecule has 2 rings (SSSR count). The van der Waals surface area contributed by atoms with E-state index in [1.807, 2.05) is 0 Å². The van der Waals surface area contributed by atoms with Crippen LogP contribution in [-0.4, -0.2) is 29.9 Å². The van der Waals surface area contributed by atoms with Crippen molar-refractivity contribution in [3.8, 4) is 5.75 Å². The zero-order valence-corrected chi connectivity index (χ0v) is 10.7. The number of alkyl halides is 3. The van der Waals surface area contributed by atoms with E-state index in [4.69, 9.17) is 14.6 Å². The Balaban J connectivity index is 1.97. The van der Waals surface area contributed by atoms with Gasteiger partial charge in [-0.25, -0.2) is 9.18 Å². The molecule has 0 aliphatic carbocycles. The van der Waals surface area contributed by atoms with E-state index < -0.39 is 35.7 Å². The lowest BCUT2D eigenvalue weighted by Gasteiger charge is -2.14. The number of rotatable bonds is 4. The molecule has 0 radical (unpaired) electrons. The minimum Gasteiger partial charge on any atom is -0.491 e. The van der Waals surface area contributed by atoms with E-state index in [9.17, 15) is 22.4 Å². The SMILES string of the molecule is O=C(O)C1CCC(COc2ccc(F)c(C(F)(F)F)c2)O1. The first-order valence-corrected chi connectivity index (χ1v) is 6.15. The predicted molar refractivity (Wildman–Crippen MR) is 62.4 cm³/mol. The fraction of sp³-hybridized carbons (Fsp3) is 0.462. The summed E-state index contributed by atoms with van der Waals surface area (Å²) in [6.07, 6.45) is -5.48. The maximum Gasteiger partial charge on any atom is 0.419 e. The monoisotopic (exact) mass is 308 g/mol. The summed E-state index contributed by atoms with van der Waals surface area (Å²) in [5, 5.41) is 8.74. The van der Waals surface area contributed by atoms with Crippen molar-refractivity contribution in [1.82, 2.24) is 0 Å². The van der Waals surface area contributed by atoms with Crippen LogP contribution in [0.25, 0.3) is 0 Å². The van der Waals surface area contributed by atoms with Crippen LogP contribution in [0.1, 0.15) is 18.4 Å². The molecule has 0 amide bonds. The molecule has 1 heterocycles. The van der Waals surface area contributed by atoms with Crippen LogP contribution in [-0.2, 0) is 15.7 Å². The molecule has 1 aliphatic heterocycles. The average molecular weight is 308 g/mol. The Hall–Kier alpha value is -1.83. The summed E-state index contributed by atoms with van der Waals surface area (Å²) in [6, 6.07) is 2.32. The van der Waals surface area contributed by atoms with Gasteiger partial charge in [0, 0.05) is 0 Å². The third kappa shape index (κ3) is 3.84. The highest BCUT2D eigenvalue weighted by molar-refractivity contribution is 5.72. The van der Waals surface area contributed by atoms with Crippen LogP contribution in [0.5, 0.6) is 5.75 Å². The number of hydrogen-bond donors (Lipinski definition) is 1. The molecule has 0 aromatic heterocycles. The quantitative estimate of drug-likeness (QED) is 0.869. The maximum absolute atomic E-state index is 13.1. The molecule has 116 valence electrons. The standard InChI is InChI=1S/C13H12F4O4/c14-10-3-1-7(5-9(10)13(15,16)17)20-6-8-2-4-11(21-8)12(18)19/h1,3,5,8,11H,2,4,6H2,(H,18,19). The minimum absolute atomic E-state index is 0.0906. The summed E-state index contributed by atoms with van der Waals surface area (Å²) in [5.41, 5.74) is -1.41. The highest BCUT2D eigenvalue weighted by Crippen LogP contribution is 2.33. The van der Waals surface area contributed by atoms with Crippen molar-refractivity contribution in [1.29, 1.82) is 0 Å². The van der Waals surface area contributed by atoms with Crippen LogP contribution in [0, 0.1) is 5.82 Å². The van der Waals surface area contributed by atoms with Gasteiger partial charge in [-0.15, -0.1) is 0 Å². The predicted octanol–water partition coefficient (Wildman–Crippen LogP) is 2.86. The highest BCUT2D eigenvalue weighted by Gasteiger charge is 2.35. The summed E-state index contributed by atoms with van der Waals surface area (Å²) in [5.74, 6) is -2.61. The highest BCUT2D eigenvalue weighted by atomic mass is 19.4. The van der Waals surface area contributed by atoms with Crippen LogP contribution >= 0.6 is 0 Å². The molecule has 0 spiro atoms. The molecule has 8 heteroatoms. The zero-order valence-electron chi connectivity index (χ0n) is 10.7. The molecule has 2 unspecified atom stereocenters. The summed E-state index contributed by atoms with van der Waals surface area (Å²) in [6.45, 7) is -0.0906. The molecular weight excluding hydrogens is 296 g/mol. The van der Waals surface area contributed by atoms with Gasteiger partial charge in [-0.2, -0.15) is 13.2 Å². The van der Waals surface area contributed by atoms with E-state index in [1.165, 1.54) is 0 Å². The smallest absolute Gasteiger partial charge is 0.419 e. The van der Waals surface area contributed by atoms with Gasteiger partial charge in [0.15, 0.2) is 6.10 Å². The fourth-order valence-electron chi connectivity index (χ4n) is 2.01. The summed E-state index contributed by atoms with van der Waals surface area (Å²) in [7, 11) is 0. The Morgan fingerprint density at radius 1 is 1.38 bits per heavy atom. The van der Waals surface area contributed by atoms with E-state index in [2.05, 4.69) is 0 Å². The number of aliphatic carboxylic acids is 1. The Bertz CT molecular complexity index is 529. The van der Waals surface area contributed by atoms with Gasteiger partial charge in [0.25, 0.3) is 0 Å². The van der Waals surface area contributed by atoms with Crippen molar-refractivity contribution >= 4 is 5.97 Å². The molecule has 21 heavy (non-hydrogen) atoms. The first-order chi connectivity index (χ1) is 9.77. The number of carbonyl (C=O) groups is 1. The summed E-state index contributed by atoms with van der Waals surface area (Å²) < 4.78 is 60.9. The largest absolute Gasteiger partial charge is 0.491 e.